The number of thioether (sulfide) groups is 1. The third-order valence-electron chi connectivity index (χ3n) is 5.87. The van der Waals surface area contributed by atoms with Crippen molar-refractivity contribution < 1.29 is 14.6 Å². The molecule has 2 aromatic rings. The van der Waals surface area contributed by atoms with Crippen molar-refractivity contribution in [3.8, 4) is 0 Å². The first-order valence-electron chi connectivity index (χ1n) is 11.5. The molecule has 4 heteroatoms. The quantitative estimate of drug-likeness (QED) is 0.257. The minimum Gasteiger partial charge on any atom is -0.396 e. The first kappa shape index (κ1) is 25.6. The molecule has 0 unspecified atom stereocenters. The summed E-state index contributed by atoms with van der Waals surface area (Å²) in [5.41, 5.74) is 3.42. The molecule has 0 bridgehead atoms. The van der Waals surface area contributed by atoms with E-state index >= 15 is 0 Å². The summed E-state index contributed by atoms with van der Waals surface area (Å²) in [5.74, 6) is 0.872. The van der Waals surface area contributed by atoms with Gasteiger partial charge in [0.1, 0.15) is 0 Å². The number of benzene rings is 2. The average Bonchev–Trinajstić information content (AvgIpc) is 2.79. The van der Waals surface area contributed by atoms with Gasteiger partial charge < -0.3 is 9.84 Å². The van der Waals surface area contributed by atoms with Crippen LogP contribution in [-0.2, 0) is 11.3 Å². The van der Waals surface area contributed by atoms with E-state index in [4.69, 9.17) is 4.74 Å². The van der Waals surface area contributed by atoms with E-state index < -0.39 is 0 Å². The van der Waals surface area contributed by atoms with Crippen LogP contribution in [0.4, 0.5) is 0 Å². The van der Waals surface area contributed by atoms with Crippen LogP contribution in [0.5, 0.6) is 0 Å². The highest BCUT2D eigenvalue weighted by Gasteiger charge is 2.29. The van der Waals surface area contributed by atoms with Crippen LogP contribution >= 0.6 is 11.8 Å². The molecule has 0 heterocycles. The van der Waals surface area contributed by atoms with Crippen LogP contribution < -0.4 is 0 Å². The van der Waals surface area contributed by atoms with Crippen LogP contribution in [0.25, 0.3) is 0 Å². The van der Waals surface area contributed by atoms with Gasteiger partial charge in [0.15, 0.2) is 5.78 Å². The lowest BCUT2D eigenvalue weighted by Crippen LogP contribution is -2.28. The minimum atomic E-state index is -0.0831. The first-order chi connectivity index (χ1) is 15.0. The molecular formula is C27H38O3S. The Labute approximate surface area is 192 Å². The summed E-state index contributed by atoms with van der Waals surface area (Å²) < 4.78 is 5.22. The molecule has 0 aliphatic heterocycles. The second kappa shape index (κ2) is 13.0. The minimum absolute atomic E-state index is 0.0425. The van der Waals surface area contributed by atoms with Crippen molar-refractivity contribution in [2.75, 3.05) is 19.5 Å². The standard InChI is InChI=1S/C27H38O3S/c1-5-7-14-27(19-28,15-8-6-2)20-31-25-13-12-21(3)16-24(25)26(29)23-11-9-10-22(17-23)18-30-4/h9-13,16-17,28H,5-8,14-15,18-20H2,1-4H3. The van der Waals surface area contributed by atoms with E-state index in [0.717, 1.165) is 65.9 Å². The summed E-state index contributed by atoms with van der Waals surface area (Å²) in [7, 11) is 1.66. The van der Waals surface area contributed by atoms with Crippen LogP contribution in [0.1, 0.15) is 79.4 Å². The SMILES string of the molecule is CCCCC(CO)(CCCC)CSc1ccc(C)cc1C(=O)c1cccc(COC)c1. The molecule has 3 nitrogen and oxygen atoms in total. The van der Waals surface area contributed by atoms with Gasteiger partial charge >= 0.3 is 0 Å². The van der Waals surface area contributed by atoms with Crippen molar-refractivity contribution in [2.45, 2.75) is 70.8 Å². The fourth-order valence-corrected chi connectivity index (χ4v) is 5.19. The molecule has 2 aromatic carbocycles. The molecule has 0 aliphatic carbocycles. The third kappa shape index (κ3) is 7.48. The van der Waals surface area contributed by atoms with E-state index in [1.807, 2.05) is 37.3 Å². The zero-order valence-corrected chi connectivity index (χ0v) is 20.4. The fourth-order valence-electron chi connectivity index (χ4n) is 3.88. The first-order valence-corrected chi connectivity index (χ1v) is 12.4. The second-order valence-electron chi connectivity index (χ2n) is 8.62. The maximum Gasteiger partial charge on any atom is 0.194 e. The monoisotopic (exact) mass is 442 g/mol. The van der Waals surface area contributed by atoms with Crippen LogP contribution in [0.3, 0.4) is 0 Å². The lowest BCUT2D eigenvalue weighted by atomic mass is 9.81. The molecule has 1 N–H and O–H groups in total. The Bertz CT molecular complexity index is 823. The lowest BCUT2D eigenvalue weighted by molar-refractivity contribution is 0.103. The normalized spacial score (nSPS) is 11.6. The number of unbranched alkanes of at least 4 members (excludes halogenated alkanes) is 2. The highest BCUT2D eigenvalue weighted by atomic mass is 32.2. The van der Waals surface area contributed by atoms with Crippen LogP contribution in [0.2, 0.25) is 0 Å². The van der Waals surface area contributed by atoms with Gasteiger partial charge in [0.2, 0.25) is 0 Å². The largest absolute Gasteiger partial charge is 0.396 e. The Morgan fingerprint density at radius 2 is 1.77 bits per heavy atom. The molecule has 0 fully saturated rings. The summed E-state index contributed by atoms with van der Waals surface area (Å²) in [4.78, 5) is 14.4. The second-order valence-corrected chi connectivity index (χ2v) is 9.63. The van der Waals surface area contributed by atoms with E-state index in [0.29, 0.717) is 12.2 Å². The van der Waals surface area contributed by atoms with Gasteiger partial charge in [0.25, 0.3) is 0 Å². The van der Waals surface area contributed by atoms with Gasteiger partial charge in [-0.05, 0) is 43.5 Å². The predicted octanol–water partition coefficient (Wildman–Crippen LogP) is 6.82. The fraction of sp³-hybridized carbons (Fsp3) is 0.519. The molecule has 0 radical (unpaired) electrons. The Hall–Kier alpha value is -1.62. The summed E-state index contributed by atoms with van der Waals surface area (Å²) >= 11 is 1.72. The number of carbonyl (C=O) groups is 1. The Morgan fingerprint density at radius 1 is 1.06 bits per heavy atom. The van der Waals surface area contributed by atoms with Crippen molar-refractivity contribution >= 4 is 17.5 Å². The van der Waals surface area contributed by atoms with Gasteiger partial charge in [0, 0.05) is 40.9 Å². The van der Waals surface area contributed by atoms with E-state index in [-0.39, 0.29) is 17.8 Å². The van der Waals surface area contributed by atoms with Gasteiger partial charge in [0.05, 0.1) is 6.61 Å². The van der Waals surface area contributed by atoms with Crippen molar-refractivity contribution in [2.24, 2.45) is 5.41 Å². The van der Waals surface area contributed by atoms with Crippen molar-refractivity contribution in [1.29, 1.82) is 0 Å². The number of hydrogen-bond acceptors (Lipinski definition) is 4. The van der Waals surface area contributed by atoms with E-state index in [9.17, 15) is 9.90 Å². The summed E-state index contributed by atoms with van der Waals surface area (Å²) in [5, 5.41) is 10.3. The van der Waals surface area contributed by atoms with Crippen LogP contribution in [0.15, 0.2) is 47.4 Å². The molecule has 2 rings (SSSR count). The number of ketones is 1. The molecule has 0 amide bonds. The number of rotatable bonds is 14. The average molecular weight is 443 g/mol. The van der Waals surface area contributed by atoms with Gasteiger partial charge in [-0.25, -0.2) is 0 Å². The van der Waals surface area contributed by atoms with E-state index in [2.05, 4.69) is 26.0 Å². The zero-order chi connectivity index (χ0) is 22.7. The Balaban J connectivity index is 2.29. The summed E-state index contributed by atoms with van der Waals surface area (Å²) in [6.07, 6.45) is 6.56. The lowest BCUT2D eigenvalue weighted by Gasteiger charge is -2.32. The number of aliphatic hydroxyl groups excluding tert-OH is 1. The summed E-state index contributed by atoms with van der Waals surface area (Å²) in [6.45, 7) is 7.11. The molecule has 0 saturated carbocycles. The molecule has 0 aliphatic rings. The molecular weight excluding hydrogens is 404 g/mol. The smallest absolute Gasteiger partial charge is 0.194 e. The molecule has 0 saturated heterocycles. The van der Waals surface area contributed by atoms with Crippen molar-refractivity contribution in [3.63, 3.8) is 0 Å². The van der Waals surface area contributed by atoms with Gasteiger partial charge in [-0.1, -0.05) is 69.4 Å². The number of ether oxygens (including phenoxy) is 1. The van der Waals surface area contributed by atoms with E-state index in [1.54, 1.807) is 18.9 Å². The van der Waals surface area contributed by atoms with Crippen LogP contribution in [0, 0.1) is 12.3 Å². The highest BCUT2D eigenvalue weighted by Crippen LogP contribution is 2.38. The van der Waals surface area contributed by atoms with Gasteiger partial charge in [-0.2, -0.15) is 0 Å². The van der Waals surface area contributed by atoms with Crippen molar-refractivity contribution in [1.82, 2.24) is 0 Å². The molecule has 0 atom stereocenters. The number of carbonyl (C=O) groups excluding carboxylic acids is 1. The molecule has 31 heavy (non-hydrogen) atoms. The predicted molar refractivity (Wildman–Crippen MR) is 131 cm³/mol. The number of methoxy groups -OCH3 is 1. The third-order valence-corrected chi connectivity index (χ3v) is 7.29. The molecule has 170 valence electrons. The summed E-state index contributed by atoms with van der Waals surface area (Å²) in [6, 6.07) is 13.8. The maximum atomic E-state index is 13.4. The van der Waals surface area contributed by atoms with Crippen LogP contribution in [-0.4, -0.2) is 30.4 Å². The zero-order valence-electron chi connectivity index (χ0n) is 19.6. The molecule has 0 aromatic heterocycles. The number of aliphatic hydroxyl groups is 1. The molecule has 0 spiro atoms. The number of aryl methyl sites for hydroxylation is 1. The topological polar surface area (TPSA) is 46.5 Å². The Morgan fingerprint density at radius 3 is 2.39 bits per heavy atom. The number of hydrogen-bond donors (Lipinski definition) is 1. The van der Waals surface area contributed by atoms with E-state index in [1.165, 1.54) is 0 Å². The van der Waals surface area contributed by atoms with Gasteiger partial charge in [-0.3, -0.25) is 4.79 Å². The maximum absolute atomic E-state index is 13.4. The van der Waals surface area contributed by atoms with Gasteiger partial charge in [-0.15, -0.1) is 11.8 Å². The van der Waals surface area contributed by atoms with Crippen molar-refractivity contribution in [3.05, 3.63) is 64.7 Å². The highest BCUT2D eigenvalue weighted by molar-refractivity contribution is 7.99. The Kier molecular flexibility index (Phi) is 10.8.